The molecule has 0 aromatic heterocycles. The molecule has 124 valence electrons. The molecule has 0 spiro atoms. The molecule has 3 amide bonds. The number of hydrogen-bond donors (Lipinski definition) is 2. The van der Waals surface area contributed by atoms with Gasteiger partial charge in [0, 0.05) is 30.0 Å². The molecule has 0 saturated carbocycles. The number of anilines is 3. The molecule has 0 atom stereocenters. The van der Waals surface area contributed by atoms with Crippen LogP contribution in [0.15, 0.2) is 42.5 Å². The van der Waals surface area contributed by atoms with Gasteiger partial charge in [0.1, 0.15) is 0 Å². The summed E-state index contributed by atoms with van der Waals surface area (Å²) in [5.41, 5.74) is 4.48. The second-order valence-corrected chi connectivity index (χ2v) is 6.10. The molecule has 2 N–H and O–H groups in total. The van der Waals surface area contributed by atoms with Crippen molar-refractivity contribution in [3.63, 3.8) is 0 Å². The van der Waals surface area contributed by atoms with Crippen molar-refractivity contribution in [2.45, 2.75) is 26.7 Å². The van der Waals surface area contributed by atoms with Crippen molar-refractivity contribution in [2.24, 2.45) is 0 Å². The average molecular weight is 323 g/mol. The zero-order valence-electron chi connectivity index (χ0n) is 13.9. The summed E-state index contributed by atoms with van der Waals surface area (Å²) in [6.07, 6.45) is 1.51. The Bertz CT molecular complexity index is 769. The van der Waals surface area contributed by atoms with E-state index in [0.29, 0.717) is 12.1 Å². The van der Waals surface area contributed by atoms with Crippen LogP contribution < -0.4 is 15.5 Å². The largest absolute Gasteiger partial charge is 0.323 e. The van der Waals surface area contributed by atoms with E-state index >= 15 is 0 Å². The number of urea groups is 1. The molecule has 1 heterocycles. The van der Waals surface area contributed by atoms with Crippen LogP contribution >= 0.6 is 0 Å². The summed E-state index contributed by atoms with van der Waals surface area (Å²) in [7, 11) is 0. The molecule has 1 aliphatic rings. The first-order valence-electron chi connectivity index (χ1n) is 8.08. The molecule has 3 rings (SSSR count). The minimum absolute atomic E-state index is 0.163. The maximum Gasteiger partial charge on any atom is 0.323 e. The van der Waals surface area contributed by atoms with E-state index in [4.69, 9.17) is 0 Å². The van der Waals surface area contributed by atoms with E-state index in [0.717, 1.165) is 35.5 Å². The molecule has 1 fully saturated rings. The zero-order valence-corrected chi connectivity index (χ0v) is 13.9. The molecule has 24 heavy (non-hydrogen) atoms. The molecule has 5 nitrogen and oxygen atoms in total. The van der Waals surface area contributed by atoms with Crippen LogP contribution in [-0.2, 0) is 4.79 Å². The Morgan fingerprint density at radius 3 is 2.29 bits per heavy atom. The van der Waals surface area contributed by atoms with Crippen LogP contribution in [0, 0.1) is 13.8 Å². The van der Waals surface area contributed by atoms with Gasteiger partial charge in [0.25, 0.3) is 0 Å². The first-order chi connectivity index (χ1) is 11.5. The van der Waals surface area contributed by atoms with E-state index in [1.165, 1.54) is 0 Å². The highest BCUT2D eigenvalue weighted by molar-refractivity contribution is 6.00. The van der Waals surface area contributed by atoms with Gasteiger partial charge in [0.05, 0.1) is 0 Å². The Kier molecular flexibility index (Phi) is 4.51. The summed E-state index contributed by atoms with van der Waals surface area (Å²) < 4.78 is 0. The monoisotopic (exact) mass is 323 g/mol. The van der Waals surface area contributed by atoms with Gasteiger partial charge in [-0.05, 0) is 56.2 Å². The Balaban J connectivity index is 1.67. The van der Waals surface area contributed by atoms with Gasteiger partial charge < -0.3 is 15.5 Å². The number of carbonyl (C=O) groups excluding carboxylic acids is 2. The molecule has 0 radical (unpaired) electrons. The minimum Gasteiger partial charge on any atom is -0.312 e. The molecule has 0 unspecified atom stereocenters. The van der Waals surface area contributed by atoms with E-state index < -0.39 is 0 Å². The lowest BCUT2D eigenvalue weighted by molar-refractivity contribution is -0.117. The van der Waals surface area contributed by atoms with Crippen molar-refractivity contribution >= 4 is 29.0 Å². The van der Waals surface area contributed by atoms with Crippen molar-refractivity contribution in [3.05, 3.63) is 53.6 Å². The summed E-state index contributed by atoms with van der Waals surface area (Å²) in [5, 5.41) is 5.62. The molecule has 5 heteroatoms. The predicted octanol–water partition coefficient (Wildman–Crippen LogP) is 4.07. The van der Waals surface area contributed by atoms with Gasteiger partial charge in [-0.15, -0.1) is 0 Å². The average Bonchev–Trinajstić information content (AvgIpc) is 2.96. The van der Waals surface area contributed by atoms with Crippen molar-refractivity contribution in [2.75, 3.05) is 22.1 Å². The second-order valence-electron chi connectivity index (χ2n) is 6.10. The summed E-state index contributed by atoms with van der Waals surface area (Å²) in [6, 6.07) is 12.9. The van der Waals surface area contributed by atoms with Gasteiger partial charge in [-0.2, -0.15) is 0 Å². The van der Waals surface area contributed by atoms with Gasteiger partial charge >= 0.3 is 6.03 Å². The summed E-state index contributed by atoms with van der Waals surface area (Å²) in [5.74, 6) is 0.163. The lowest BCUT2D eigenvalue weighted by Crippen LogP contribution is -2.24. The number of hydrogen-bond acceptors (Lipinski definition) is 2. The number of amides is 3. The fraction of sp³-hybridized carbons (Fsp3) is 0.263. The van der Waals surface area contributed by atoms with Gasteiger partial charge in [-0.25, -0.2) is 4.79 Å². The Morgan fingerprint density at radius 2 is 1.67 bits per heavy atom. The Morgan fingerprint density at radius 1 is 1.00 bits per heavy atom. The van der Waals surface area contributed by atoms with Crippen molar-refractivity contribution in [1.82, 2.24) is 0 Å². The molecule has 0 bridgehead atoms. The van der Waals surface area contributed by atoms with Gasteiger partial charge in [0.2, 0.25) is 5.91 Å². The maximum absolute atomic E-state index is 12.1. The van der Waals surface area contributed by atoms with Gasteiger partial charge in [-0.3, -0.25) is 4.79 Å². The lowest BCUT2D eigenvalue weighted by Gasteiger charge is -2.19. The third kappa shape index (κ3) is 3.56. The zero-order chi connectivity index (χ0) is 17.1. The third-order valence-electron chi connectivity index (χ3n) is 4.13. The van der Waals surface area contributed by atoms with Crippen LogP contribution in [0.5, 0.6) is 0 Å². The molecular weight excluding hydrogens is 302 g/mol. The highest BCUT2D eigenvalue weighted by Crippen LogP contribution is 2.27. The molecule has 0 aliphatic carbocycles. The minimum atomic E-state index is -0.289. The maximum atomic E-state index is 12.1. The first-order valence-corrected chi connectivity index (χ1v) is 8.08. The van der Waals surface area contributed by atoms with E-state index in [1.54, 1.807) is 0 Å². The standard InChI is InChI=1S/C19H21N3O2/c1-13-5-7-15(8-6-13)20-19(24)21-16-9-10-17(14(2)12-16)22-11-3-4-18(22)23/h5-10,12H,3-4,11H2,1-2H3,(H2,20,21,24). The fourth-order valence-electron chi connectivity index (χ4n) is 2.87. The van der Waals surface area contributed by atoms with E-state index in [2.05, 4.69) is 10.6 Å². The van der Waals surface area contributed by atoms with Crippen LogP contribution in [0.2, 0.25) is 0 Å². The number of carbonyl (C=O) groups is 2. The summed E-state index contributed by atoms with van der Waals surface area (Å²) in [4.78, 5) is 25.8. The van der Waals surface area contributed by atoms with E-state index in [9.17, 15) is 9.59 Å². The van der Waals surface area contributed by atoms with Gasteiger partial charge in [-0.1, -0.05) is 17.7 Å². The van der Waals surface area contributed by atoms with Crippen LogP contribution in [0.4, 0.5) is 21.9 Å². The van der Waals surface area contributed by atoms with Crippen molar-refractivity contribution in [1.29, 1.82) is 0 Å². The molecular formula is C19H21N3O2. The van der Waals surface area contributed by atoms with Crippen molar-refractivity contribution < 1.29 is 9.59 Å². The van der Waals surface area contributed by atoms with Crippen LogP contribution in [0.25, 0.3) is 0 Å². The smallest absolute Gasteiger partial charge is 0.312 e. The predicted molar refractivity (Wildman–Crippen MR) is 96.6 cm³/mol. The number of aryl methyl sites for hydroxylation is 2. The number of nitrogens with one attached hydrogen (secondary N) is 2. The number of benzene rings is 2. The molecule has 2 aromatic carbocycles. The SMILES string of the molecule is Cc1ccc(NC(=O)Nc2ccc(N3CCCC3=O)c(C)c2)cc1. The quantitative estimate of drug-likeness (QED) is 0.894. The number of nitrogens with zero attached hydrogens (tertiary/aromatic N) is 1. The number of rotatable bonds is 3. The lowest BCUT2D eigenvalue weighted by atomic mass is 10.1. The summed E-state index contributed by atoms with van der Waals surface area (Å²) in [6.45, 7) is 4.71. The molecule has 1 saturated heterocycles. The Hall–Kier alpha value is -2.82. The highest BCUT2D eigenvalue weighted by Gasteiger charge is 2.22. The third-order valence-corrected chi connectivity index (χ3v) is 4.13. The highest BCUT2D eigenvalue weighted by atomic mass is 16.2. The van der Waals surface area contributed by atoms with Gasteiger partial charge in [0.15, 0.2) is 0 Å². The van der Waals surface area contributed by atoms with Crippen LogP contribution in [0.1, 0.15) is 24.0 Å². The molecule has 2 aromatic rings. The van der Waals surface area contributed by atoms with Crippen molar-refractivity contribution in [3.8, 4) is 0 Å². The summed E-state index contributed by atoms with van der Waals surface area (Å²) >= 11 is 0. The molecule has 1 aliphatic heterocycles. The topological polar surface area (TPSA) is 61.4 Å². The second kappa shape index (κ2) is 6.74. The van der Waals surface area contributed by atoms with E-state index in [1.807, 2.05) is 61.2 Å². The Labute approximate surface area is 141 Å². The van der Waals surface area contributed by atoms with Crippen LogP contribution in [0.3, 0.4) is 0 Å². The van der Waals surface area contributed by atoms with E-state index in [-0.39, 0.29) is 11.9 Å². The van der Waals surface area contributed by atoms with Crippen LogP contribution in [-0.4, -0.2) is 18.5 Å². The fourth-order valence-corrected chi connectivity index (χ4v) is 2.87. The normalized spacial score (nSPS) is 13.9. The first kappa shape index (κ1) is 16.1.